The Morgan fingerprint density at radius 1 is 0.857 bits per heavy atom. The SMILES string of the molecule is COc1ccc(-n2ccn3cc(-c4ccc(OC)c(OC)c4)nc3c2=O)cc1. The molecule has 0 radical (unpaired) electrons. The molecule has 0 amide bonds. The third-order valence-electron chi connectivity index (χ3n) is 4.55. The van der Waals surface area contributed by atoms with Gasteiger partial charge in [-0.1, -0.05) is 0 Å². The Morgan fingerprint density at radius 2 is 1.61 bits per heavy atom. The lowest BCUT2D eigenvalue weighted by atomic mass is 10.1. The van der Waals surface area contributed by atoms with Gasteiger partial charge in [-0.3, -0.25) is 9.36 Å². The minimum Gasteiger partial charge on any atom is -0.497 e. The molecule has 2 heterocycles. The molecular formula is C21H19N3O4. The maximum Gasteiger partial charge on any atom is 0.298 e. The molecule has 0 unspecified atom stereocenters. The zero-order valence-corrected chi connectivity index (χ0v) is 15.7. The van der Waals surface area contributed by atoms with E-state index in [1.807, 2.05) is 48.7 Å². The Labute approximate surface area is 161 Å². The second-order valence-corrected chi connectivity index (χ2v) is 6.10. The quantitative estimate of drug-likeness (QED) is 0.534. The smallest absolute Gasteiger partial charge is 0.298 e. The first kappa shape index (κ1) is 17.7. The Hall–Kier alpha value is -3.74. The molecule has 0 aliphatic heterocycles. The molecular weight excluding hydrogens is 358 g/mol. The van der Waals surface area contributed by atoms with Crippen molar-refractivity contribution < 1.29 is 14.2 Å². The number of benzene rings is 2. The number of methoxy groups -OCH3 is 3. The van der Waals surface area contributed by atoms with Gasteiger partial charge in [0.1, 0.15) is 5.75 Å². The van der Waals surface area contributed by atoms with E-state index in [9.17, 15) is 4.79 Å². The van der Waals surface area contributed by atoms with Crippen molar-refractivity contribution in [3.05, 3.63) is 71.4 Å². The van der Waals surface area contributed by atoms with Gasteiger partial charge >= 0.3 is 0 Å². The van der Waals surface area contributed by atoms with Crippen LogP contribution in [0.4, 0.5) is 0 Å². The number of fused-ring (bicyclic) bond motifs is 1. The van der Waals surface area contributed by atoms with E-state index in [0.29, 0.717) is 22.8 Å². The summed E-state index contributed by atoms with van der Waals surface area (Å²) >= 11 is 0. The standard InChI is InChI=1S/C21H19N3O4/c1-26-16-7-5-15(6-8-16)24-11-10-23-13-17(22-20(23)21(24)25)14-4-9-18(27-2)19(12-14)28-3/h4-13H,1-3H3. The summed E-state index contributed by atoms with van der Waals surface area (Å²) in [5, 5.41) is 0. The molecule has 0 atom stereocenters. The topological polar surface area (TPSA) is 67.0 Å². The highest BCUT2D eigenvalue weighted by atomic mass is 16.5. The molecule has 7 heteroatoms. The van der Waals surface area contributed by atoms with E-state index < -0.39 is 0 Å². The Kier molecular flexibility index (Phi) is 4.49. The van der Waals surface area contributed by atoms with E-state index in [-0.39, 0.29) is 5.56 Å². The molecule has 0 fully saturated rings. The van der Waals surface area contributed by atoms with Gasteiger partial charge in [0.2, 0.25) is 5.65 Å². The van der Waals surface area contributed by atoms with Crippen molar-refractivity contribution in [2.24, 2.45) is 0 Å². The molecule has 0 saturated carbocycles. The van der Waals surface area contributed by atoms with Crippen molar-refractivity contribution in [1.82, 2.24) is 14.0 Å². The number of imidazole rings is 1. The van der Waals surface area contributed by atoms with Gasteiger partial charge in [0, 0.05) is 29.8 Å². The fourth-order valence-corrected chi connectivity index (χ4v) is 3.06. The van der Waals surface area contributed by atoms with Crippen LogP contribution in [0.15, 0.2) is 65.8 Å². The van der Waals surface area contributed by atoms with Gasteiger partial charge in [-0.25, -0.2) is 4.98 Å². The summed E-state index contributed by atoms with van der Waals surface area (Å²) in [6, 6.07) is 12.8. The van der Waals surface area contributed by atoms with E-state index in [1.54, 1.807) is 42.7 Å². The molecule has 0 aliphatic carbocycles. The molecule has 2 aromatic heterocycles. The van der Waals surface area contributed by atoms with E-state index in [4.69, 9.17) is 14.2 Å². The average molecular weight is 377 g/mol. The van der Waals surface area contributed by atoms with Gasteiger partial charge in [0.15, 0.2) is 11.5 Å². The zero-order chi connectivity index (χ0) is 19.7. The monoisotopic (exact) mass is 377 g/mol. The van der Waals surface area contributed by atoms with Crippen LogP contribution in [-0.2, 0) is 0 Å². The van der Waals surface area contributed by atoms with Crippen LogP contribution in [0.3, 0.4) is 0 Å². The molecule has 0 aliphatic rings. The van der Waals surface area contributed by atoms with Crippen LogP contribution in [0.25, 0.3) is 22.6 Å². The van der Waals surface area contributed by atoms with Crippen molar-refractivity contribution in [2.45, 2.75) is 0 Å². The van der Waals surface area contributed by atoms with Gasteiger partial charge < -0.3 is 18.6 Å². The lowest BCUT2D eigenvalue weighted by Crippen LogP contribution is -2.19. The molecule has 142 valence electrons. The maximum absolute atomic E-state index is 13.0. The number of hydrogen-bond acceptors (Lipinski definition) is 5. The minimum atomic E-state index is -0.209. The molecule has 0 N–H and O–H groups in total. The second kappa shape index (κ2) is 7.11. The molecule has 7 nitrogen and oxygen atoms in total. The largest absolute Gasteiger partial charge is 0.497 e. The lowest BCUT2D eigenvalue weighted by Gasteiger charge is -2.08. The number of hydrogen-bond donors (Lipinski definition) is 0. The van der Waals surface area contributed by atoms with Crippen LogP contribution in [0.1, 0.15) is 0 Å². The fourth-order valence-electron chi connectivity index (χ4n) is 3.06. The minimum absolute atomic E-state index is 0.209. The molecule has 4 aromatic rings. The molecule has 2 aromatic carbocycles. The van der Waals surface area contributed by atoms with E-state index in [0.717, 1.165) is 17.0 Å². The summed E-state index contributed by atoms with van der Waals surface area (Å²) < 4.78 is 19.1. The van der Waals surface area contributed by atoms with Crippen LogP contribution in [0.5, 0.6) is 17.2 Å². The summed E-state index contributed by atoms with van der Waals surface area (Å²) in [4.78, 5) is 17.5. The first-order valence-electron chi connectivity index (χ1n) is 8.62. The maximum atomic E-state index is 13.0. The van der Waals surface area contributed by atoms with Crippen molar-refractivity contribution in [1.29, 1.82) is 0 Å². The van der Waals surface area contributed by atoms with Gasteiger partial charge in [-0.15, -0.1) is 0 Å². The number of aromatic nitrogens is 3. The molecule has 0 saturated heterocycles. The van der Waals surface area contributed by atoms with E-state index in [1.165, 1.54) is 0 Å². The van der Waals surface area contributed by atoms with Gasteiger partial charge in [0.05, 0.1) is 27.0 Å². The lowest BCUT2D eigenvalue weighted by molar-refractivity contribution is 0.355. The predicted octanol–water partition coefficient (Wildman–Crippen LogP) is 3.18. The number of ether oxygens (including phenoxy) is 3. The first-order chi connectivity index (χ1) is 13.6. The first-order valence-corrected chi connectivity index (χ1v) is 8.62. The average Bonchev–Trinajstić information content (AvgIpc) is 3.19. The van der Waals surface area contributed by atoms with Gasteiger partial charge in [-0.05, 0) is 42.5 Å². The summed E-state index contributed by atoms with van der Waals surface area (Å²) in [7, 11) is 4.77. The Balaban J connectivity index is 1.79. The van der Waals surface area contributed by atoms with Crippen molar-refractivity contribution in [2.75, 3.05) is 21.3 Å². The van der Waals surface area contributed by atoms with Crippen molar-refractivity contribution >= 4 is 5.65 Å². The van der Waals surface area contributed by atoms with Crippen LogP contribution in [0.2, 0.25) is 0 Å². The number of nitrogens with zero attached hydrogens (tertiary/aromatic N) is 3. The van der Waals surface area contributed by atoms with Gasteiger partial charge in [0.25, 0.3) is 5.56 Å². The van der Waals surface area contributed by atoms with E-state index >= 15 is 0 Å². The van der Waals surface area contributed by atoms with Crippen molar-refractivity contribution in [3.8, 4) is 34.2 Å². The molecule has 0 bridgehead atoms. The zero-order valence-electron chi connectivity index (χ0n) is 15.7. The van der Waals surface area contributed by atoms with Crippen LogP contribution in [0, 0.1) is 0 Å². The normalized spacial score (nSPS) is 10.8. The predicted molar refractivity (Wildman–Crippen MR) is 106 cm³/mol. The van der Waals surface area contributed by atoms with Crippen molar-refractivity contribution in [3.63, 3.8) is 0 Å². The molecule has 28 heavy (non-hydrogen) atoms. The molecule has 0 spiro atoms. The second-order valence-electron chi connectivity index (χ2n) is 6.10. The molecule has 4 rings (SSSR count). The van der Waals surface area contributed by atoms with Crippen LogP contribution in [-0.4, -0.2) is 35.3 Å². The highest BCUT2D eigenvalue weighted by Gasteiger charge is 2.12. The third-order valence-corrected chi connectivity index (χ3v) is 4.55. The van der Waals surface area contributed by atoms with E-state index in [2.05, 4.69) is 4.98 Å². The van der Waals surface area contributed by atoms with Crippen LogP contribution >= 0.6 is 0 Å². The number of rotatable bonds is 5. The third kappa shape index (κ3) is 2.96. The summed E-state index contributed by atoms with van der Waals surface area (Å²) in [6.45, 7) is 0. The summed E-state index contributed by atoms with van der Waals surface area (Å²) in [6.07, 6.45) is 5.34. The highest BCUT2D eigenvalue weighted by Crippen LogP contribution is 2.31. The highest BCUT2D eigenvalue weighted by molar-refractivity contribution is 5.66. The Bertz CT molecular complexity index is 1190. The summed E-state index contributed by atoms with van der Waals surface area (Å²) in [5.41, 5.74) is 2.37. The summed E-state index contributed by atoms with van der Waals surface area (Å²) in [5.74, 6) is 1.97. The van der Waals surface area contributed by atoms with Gasteiger partial charge in [-0.2, -0.15) is 0 Å². The van der Waals surface area contributed by atoms with Crippen LogP contribution < -0.4 is 19.8 Å². The fraction of sp³-hybridized carbons (Fsp3) is 0.143. The Morgan fingerprint density at radius 3 is 2.29 bits per heavy atom.